The maximum absolute atomic E-state index is 2.76. The summed E-state index contributed by atoms with van der Waals surface area (Å²) in [6.07, 6.45) is 1.09. The number of rotatable bonds is 3. The van der Waals surface area contributed by atoms with Crippen LogP contribution >= 0.6 is 0 Å². The van der Waals surface area contributed by atoms with Crippen molar-refractivity contribution in [1.29, 1.82) is 0 Å². The van der Waals surface area contributed by atoms with Crippen LogP contribution < -0.4 is 4.90 Å². The van der Waals surface area contributed by atoms with Gasteiger partial charge in [0.05, 0.1) is 12.0 Å². The van der Waals surface area contributed by atoms with E-state index in [4.69, 9.17) is 0 Å². The maximum Gasteiger partial charge on any atom is 0.256 e. The summed E-state index contributed by atoms with van der Waals surface area (Å²) in [7, 11) is 0. The van der Waals surface area contributed by atoms with Crippen molar-refractivity contribution in [2.45, 2.75) is 92.8 Å². The monoisotopic (exact) mass is 403 g/mol. The molecular weight excluding hydrogens is 364 g/mol. The molecule has 2 aromatic rings. The van der Waals surface area contributed by atoms with Gasteiger partial charge in [-0.3, -0.25) is 4.58 Å². The lowest BCUT2D eigenvalue weighted by Gasteiger charge is -2.38. The number of anilines is 1. The van der Waals surface area contributed by atoms with Crippen LogP contribution in [-0.2, 0) is 12.0 Å². The minimum absolute atomic E-state index is 0.0149. The van der Waals surface area contributed by atoms with Gasteiger partial charge in [0, 0.05) is 12.0 Å². The van der Waals surface area contributed by atoms with Crippen molar-refractivity contribution < 1.29 is 4.58 Å². The van der Waals surface area contributed by atoms with Crippen molar-refractivity contribution in [1.82, 2.24) is 0 Å². The standard InChI is InChI=1S/C28H39N2/c1-17(2)26-29(18(3)4)27(9)16-23-13-11-12-14-24(23)28(27,10)30(26)25-21(7)19(5)15-20(6)22(25)8/h11-15,17-18H,16H2,1-10H3/q+1/t27-,28+/m1/s1. The Morgan fingerprint density at radius 2 is 1.47 bits per heavy atom. The van der Waals surface area contributed by atoms with Gasteiger partial charge in [0.1, 0.15) is 5.69 Å². The predicted octanol–water partition coefficient (Wildman–Crippen LogP) is 6.45. The van der Waals surface area contributed by atoms with Crippen molar-refractivity contribution in [3.63, 3.8) is 0 Å². The molecular formula is C28H39N2+. The third-order valence-corrected chi connectivity index (χ3v) is 8.16. The molecule has 0 saturated carbocycles. The number of hydrogen-bond donors (Lipinski definition) is 0. The highest BCUT2D eigenvalue weighted by Gasteiger charge is 2.70. The lowest BCUT2D eigenvalue weighted by Crippen LogP contribution is -2.55. The van der Waals surface area contributed by atoms with E-state index in [-0.39, 0.29) is 11.1 Å². The first-order valence-electron chi connectivity index (χ1n) is 11.6. The van der Waals surface area contributed by atoms with Gasteiger partial charge in [0.2, 0.25) is 0 Å². The highest BCUT2D eigenvalue weighted by atomic mass is 15.4. The molecule has 2 heteroatoms. The first kappa shape index (κ1) is 21.2. The van der Waals surface area contributed by atoms with Gasteiger partial charge in [-0.2, -0.15) is 0 Å². The van der Waals surface area contributed by atoms with Gasteiger partial charge in [-0.15, -0.1) is 0 Å². The fourth-order valence-corrected chi connectivity index (χ4v) is 6.49. The molecule has 4 rings (SSSR count). The summed E-state index contributed by atoms with van der Waals surface area (Å²) in [5.74, 6) is 1.92. The average Bonchev–Trinajstić information content (AvgIpc) is 3.01. The summed E-state index contributed by atoms with van der Waals surface area (Å²) in [6.45, 7) is 23.6. The van der Waals surface area contributed by atoms with Gasteiger partial charge < -0.3 is 0 Å². The number of amidine groups is 1. The Hall–Kier alpha value is -2.09. The van der Waals surface area contributed by atoms with Crippen LogP contribution in [-0.4, -0.2) is 22.0 Å². The molecule has 160 valence electrons. The van der Waals surface area contributed by atoms with E-state index in [0.29, 0.717) is 12.0 Å². The van der Waals surface area contributed by atoms with Crippen LogP contribution in [0.3, 0.4) is 0 Å². The summed E-state index contributed by atoms with van der Waals surface area (Å²) in [5, 5.41) is 0. The number of aryl methyl sites for hydroxylation is 2. The Balaban J connectivity index is 2.16. The largest absolute Gasteiger partial charge is 0.256 e. The van der Waals surface area contributed by atoms with Gasteiger partial charge >= 0.3 is 0 Å². The van der Waals surface area contributed by atoms with E-state index in [9.17, 15) is 0 Å². The van der Waals surface area contributed by atoms with Gasteiger partial charge in [-0.25, -0.2) is 4.90 Å². The molecule has 0 N–H and O–H groups in total. The molecule has 1 aliphatic heterocycles. The highest BCUT2D eigenvalue weighted by Crippen LogP contribution is 2.57. The Kier molecular flexibility index (Phi) is 4.73. The number of nitrogens with zero attached hydrogens (tertiary/aromatic N) is 2. The third kappa shape index (κ3) is 2.46. The van der Waals surface area contributed by atoms with E-state index in [1.165, 1.54) is 44.9 Å². The number of hydrogen-bond acceptors (Lipinski definition) is 1. The number of benzene rings is 2. The van der Waals surface area contributed by atoms with Crippen LogP contribution in [0.1, 0.15) is 74.9 Å². The predicted molar refractivity (Wildman–Crippen MR) is 129 cm³/mol. The van der Waals surface area contributed by atoms with E-state index in [1.54, 1.807) is 0 Å². The molecule has 0 bridgehead atoms. The molecule has 0 fully saturated rings. The Bertz CT molecular complexity index is 1030. The second-order valence-corrected chi connectivity index (χ2v) is 10.6. The van der Waals surface area contributed by atoms with Crippen LogP contribution in [0.4, 0.5) is 5.69 Å². The summed E-state index contributed by atoms with van der Waals surface area (Å²) in [5.41, 5.74) is 9.91. The minimum Gasteiger partial charge on any atom is -0.253 e. The Morgan fingerprint density at radius 1 is 0.900 bits per heavy atom. The zero-order valence-corrected chi connectivity index (χ0v) is 20.6. The van der Waals surface area contributed by atoms with Crippen molar-refractivity contribution in [2.75, 3.05) is 4.90 Å². The van der Waals surface area contributed by atoms with Gasteiger partial charge in [0.15, 0.2) is 11.1 Å². The molecule has 0 saturated heterocycles. The van der Waals surface area contributed by atoms with Crippen LogP contribution in [0, 0.1) is 33.6 Å². The summed E-state index contributed by atoms with van der Waals surface area (Å²) in [4.78, 5) is 2.76. The zero-order valence-electron chi connectivity index (χ0n) is 20.6. The van der Waals surface area contributed by atoms with E-state index in [1.807, 2.05) is 0 Å². The lowest BCUT2D eigenvalue weighted by atomic mass is 9.78. The van der Waals surface area contributed by atoms with Crippen LogP contribution in [0.15, 0.2) is 30.3 Å². The molecule has 2 aliphatic rings. The molecule has 30 heavy (non-hydrogen) atoms. The molecule has 2 aromatic carbocycles. The normalized spacial score (nSPS) is 25.5. The molecule has 1 aliphatic carbocycles. The summed E-state index contributed by atoms with van der Waals surface area (Å²) >= 11 is 0. The quantitative estimate of drug-likeness (QED) is 0.534. The molecule has 0 amide bonds. The van der Waals surface area contributed by atoms with Crippen LogP contribution in [0.25, 0.3) is 0 Å². The van der Waals surface area contributed by atoms with E-state index < -0.39 is 0 Å². The van der Waals surface area contributed by atoms with Gasteiger partial charge in [0.25, 0.3) is 5.84 Å². The smallest absolute Gasteiger partial charge is 0.253 e. The maximum atomic E-state index is 2.76. The second kappa shape index (κ2) is 6.70. The average molecular weight is 404 g/mol. The minimum atomic E-state index is -0.108. The molecule has 0 spiro atoms. The van der Waals surface area contributed by atoms with Crippen LogP contribution in [0.2, 0.25) is 0 Å². The second-order valence-electron chi connectivity index (χ2n) is 10.6. The van der Waals surface area contributed by atoms with Crippen LogP contribution in [0.5, 0.6) is 0 Å². The summed E-state index contributed by atoms with van der Waals surface area (Å²) in [6, 6.07) is 11.9. The van der Waals surface area contributed by atoms with Crippen molar-refractivity contribution in [3.05, 3.63) is 63.7 Å². The molecule has 0 aromatic heterocycles. The molecule has 1 heterocycles. The number of fused-ring (bicyclic) bond motifs is 3. The van der Waals surface area contributed by atoms with Crippen molar-refractivity contribution in [2.24, 2.45) is 5.92 Å². The first-order valence-corrected chi connectivity index (χ1v) is 11.6. The molecule has 0 unspecified atom stereocenters. The highest BCUT2D eigenvalue weighted by molar-refractivity contribution is 6.01. The Labute approximate surface area is 183 Å². The van der Waals surface area contributed by atoms with Crippen molar-refractivity contribution >= 4 is 11.5 Å². The zero-order chi connectivity index (χ0) is 22.2. The fourth-order valence-electron chi connectivity index (χ4n) is 6.49. The van der Waals surface area contributed by atoms with E-state index >= 15 is 0 Å². The van der Waals surface area contributed by atoms with Gasteiger partial charge in [-0.05, 0) is 83.2 Å². The molecule has 0 radical (unpaired) electrons. The molecule has 2 atom stereocenters. The topological polar surface area (TPSA) is 6.25 Å². The van der Waals surface area contributed by atoms with E-state index in [0.717, 1.165) is 6.42 Å². The first-order chi connectivity index (χ1) is 14.0. The van der Waals surface area contributed by atoms with E-state index in [2.05, 4.69) is 109 Å². The molecule has 2 nitrogen and oxygen atoms in total. The van der Waals surface area contributed by atoms with Gasteiger partial charge in [-0.1, -0.05) is 44.2 Å². The fraction of sp³-hybridized carbons (Fsp3) is 0.536. The third-order valence-electron chi connectivity index (χ3n) is 8.16. The van der Waals surface area contributed by atoms with Crippen molar-refractivity contribution in [3.8, 4) is 0 Å². The summed E-state index contributed by atoms with van der Waals surface area (Å²) < 4.78 is 2.76. The SMILES string of the molecule is Cc1cc(C)c(C)c(N2C(C(C)C)=[N+](C(C)C)[C@]3(C)Cc4ccccc4[C@]23C)c1C. The lowest BCUT2D eigenvalue weighted by molar-refractivity contribution is -0.631. The Morgan fingerprint density at radius 3 is 2.00 bits per heavy atom.